The minimum absolute atomic E-state index is 0.142. The van der Waals surface area contributed by atoms with Crippen LogP contribution in [-0.4, -0.2) is 37.6 Å². The molecule has 0 amide bonds. The number of carbonyl (C=O) groups excluding carboxylic acids is 1. The van der Waals surface area contributed by atoms with E-state index in [1.807, 2.05) is 38.2 Å². The van der Waals surface area contributed by atoms with Crippen LogP contribution < -0.4 is 4.74 Å². The Hall–Kier alpha value is -2.93. The third kappa shape index (κ3) is 3.37. The lowest BCUT2D eigenvalue weighted by Gasteiger charge is -2.13. The summed E-state index contributed by atoms with van der Waals surface area (Å²) in [6.45, 7) is 9.41. The fourth-order valence-corrected chi connectivity index (χ4v) is 4.27. The molecule has 1 saturated heterocycles. The molecule has 0 spiro atoms. The van der Waals surface area contributed by atoms with Crippen LogP contribution >= 0.6 is 0 Å². The first-order valence-electron chi connectivity index (χ1n) is 11.1. The third-order valence-electron chi connectivity index (χ3n) is 5.87. The van der Waals surface area contributed by atoms with E-state index in [1.54, 1.807) is 0 Å². The molecule has 162 valence electrons. The SMILES string of the molecule is CC(C)C(=O)Oc1cn(C[C@H]2CCCO2)c2nc(C(C)C)n3c4ccccc4nc3c12. The summed E-state index contributed by atoms with van der Waals surface area (Å²) in [6, 6.07) is 8.04. The first-order valence-corrected chi connectivity index (χ1v) is 11.1. The number of ether oxygens (including phenoxy) is 2. The van der Waals surface area contributed by atoms with Crippen molar-refractivity contribution in [1.82, 2.24) is 18.9 Å². The van der Waals surface area contributed by atoms with Crippen molar-refractivity contribution in [1.29, 1.82) is 0 Å². The van der Waals surface area contributed by atoms with Crippen molar-refractivity contribution < 1.29 is 14.3 Å². The van der Waals surface area contributed by atoms with E-state index >= 15 is 0 Å². The Morgan fingerprint density at radius 1 is 1.19 bits per heavy atom. The van der Waals surface area contributed by atoms with Gasteiger partial charge in [0.15, 0.2) is 11.4 Å². The fraction of sp³-hybridized carbons (Fsp3) is 0.458. The van der Waals surface area contributed by atoms with Crippen LogP contribution in [-0.2, 0) is 16.1 Å². The van der Waals surface area contributed by atoms with E-state index in [0.29, 0.717) is 12.3 Å². The zero-order valence-electron chi connectivity index (χ0n) is 18.5. The molecule has 7 nitrogen and oxygen atoms in total. The average molecular weight is 421 g/mol. The Labute approximate surface area is 181 Å². The molecule has 1 aliphatic rings. The van der Waals surface area contributed by atoms with Crippen molar-refractivity contribution >= 4 is 33.7 Å². The zero-order valence-corrected chi connectivity index (χ0v) is 18.5. The van der Waals surface area contributed by atoms with Crippen molar-refractivity contribution in [2.45, 2.75) is 59.1 Å². The van der Waals surface area contributed by atoms with Crippen LogP contribution in [0, 0.1) is 5.92 Å². The highest BCUT2D eigenvalue weighted by Crippen LogP contribution is 2.35. The normalized spacial score (nSPS) is 17.0. The van der Waals surface area contributed by atoms with Crippen molar-refractivity contribution in [2.24, 2.45) is 5.92 Å². The molecule has 7 heteroatoms. The number of benzene rings is 1. The molecule has 0 bridgehead atoms. The zero-order chi connectivity index (χ0) is 21.7. The highest BCUT2D eigenvalue weighted by Gasteiger charge is 2.26. The molecule has 0 saturated carbocycles. The van der Waals surface area contributed by atoms with Gasteiger partial charge in [0.1, 0.15) is 16.9 Å². The lowest BCUT2D eigenvalue weighted by atomic mass is 10.2. The Bertz CT molecular complexity index is 1280. The molecular formula is C24H28N4O3. The molecule has 1 aliphatic heterocycles. The van der Waals surface area contributed by atoms with Gasteiger partial charge in [0.2, 0.25) is 0 Å². The van der Waals surface area contributed by atoms with Crippen molar-refractivity contribution in [2.75, 3.05) is 6.61 Å². The van der Waals surface area contributed by atoms with Crippen LogP contribution in [0.1, 0.15) is 52.3 Å². The van der Waals surface area contributed by atoms with Gasteiger partial charge in [-0.2, -0.15) is 0 Å². The van der Waals surface area contributed by atoms with Gasteiger partial charge in [0, 0.05) is 18.7 Å². The number of hydrogen-bond donors (Lipinski definition) is 0. The maximum Gasteiger partial charge on any atom is 0.313 e. The van der Waals surface area contributed by atoms with Gasteiger partial charge in [0.05, 0.1) is 29.6 Å². The summed E-state index contributed by atoms with van der Waals surface area (Å²) in [5.74, 6) is 1.14. The van der Waals surface area contributed by atoms with E-state index in [2.05, 4.69) is 28.9 Å². The van der Waals surface area contributed by atoms with Crippen LogP contribution in [0.4, 0.5) is 0 Å². The number of esters is 1. The Balaban J connectivity index is 1.81. The van der Waals surface area contributed by atoms with Crippen LogP contribution in [0.3, 0.4) is 0 Å². The maximum absolute atomic E-state index is 12.5. The second-order valence-electron chi connectivity index (χ2n) is 8.94. The number of carbonyl (C=O) groups is 1. The van der Waals surface area contributed by atoms with Crippen molar-refractivity contribution in [3.63, 3.8) is 0 Å². The summed E-state index contributed by atoms with van der Waals surface area (Å²) >= 11 is 0. The van der Waals surface area contributed by atoms with Gasteiger partial charge in [-0.3, -0.25) is 9.20 Å². The third-order valence-corrected chi connectivity index (χ3v) is 5.87. The minimum Gasteiger partial charge on any atom is -0.424 e. The number of rotatable bonds is 5. The monoisotopic (exact) mass is 420 g/mol. The summed E-state index contributed by atoms with van der Waals surface area (Å²) in [7, 11) is 0. The molecule has 1 aromatic carbocycles. The highest BCUT2D eigenvalue weighted by atomic mass is 16.5. The lowest BCUT2D eigenvalue weighted by Crippen LogP contribution is -2.15. The highest BCUT2D eigenvalue weighted by molar-refractivity contribution is 6.01. The Kier molecular flexibility index (Phi) is 4.93. The second kappa shape index (κ2) is 7.64. The summed E-state index contributed by atoms with van der Waals surface area (Å²) in [5, 5.41) is 0.771. The van der Waals surface area contributed by atoms with Crippen LogP contribution in [0.2, 0.25) is 0 Å². The minimum atomic E-state index is -0.265. The number of para-hydroxylation sites is 2. The molecular weight excluding hydrogens is 392 g/mol. The molecule has 1 fully saturated rings. The molecule has 0 N–H and O–H groups in total. The van der Waals surface area contributed by atoms with Crippen LogP contribution in [0.5, 0.6) is 5.75 Å². The van der Waals surface area contributed by atoms with E-state index in [0.717, 1.165) is 53.0 Å². The number of hydrogen-bond acceptors (Lipinski definition) is 5. The standard InChI is InChI=1S/C24H28N4O3/c1-14(2)21-26-22-20(23-25-17-9-5-6-10-18(17)28(21)23)19(31-24(29)15(3)4)13-27(22)12-16-8-7-11-30-16/h5-6,9-10,13-16H,7-8,11-12H2,1-4H3/t16-/m1/s1. The number of imidazole rings is 1. The molecule has 4 aromatic rings. The van der Waals surface area contributed by atoms with Crippen LogP contribution in [0.15, 0.2) is 30.5 Å². The smallest absolute Gasteiger partial charge is 0.313 e. The van der Waals surface area contributed by atoms with E-state index in [-0.39, 0.29) is 23.9 Å². The Morgan fingerprint density at radius 2 is 2.00 bits per heavy atom. The van der Waals surface area contributed by atoms with Gasteiger partial charge in [-0.15, -0.1) is 0 Å². The van der Waals surface area contributed by atoms with Crippen molar-refractivity contribution in [3.8, 4) is 5.75 Å². The van der Waals surface area contributed by atoms with Gasteiger partial charge in [0.25, 0.3) is 0 Å². The number of aromatic nitrogens is 4. The fourth-order valence-electron chi connectivity index (χ4n) is 4.27. The summed E-state index contributed by atoms with van der Waals surface area (Å²) in [6.07, 6.45) is 4.12. The predicted molar refractivity (Wildman–Crippen MR) is 120 cm³/mol. The molecule has 5 rings (SSSR count). The van der Waals surface area contributed by atoms with Gasteiger partial charge in [-0.05, 0) is 25.0 Å². The summed E-state index contributed by atoms with van der Waals surface area (Å²) in [5.41, 5.74) is 3.46. The topological polar surface area (TPSA) is 70.7 Å². The molecule has 0 aliphatic carbocycles. The summed E-state index contributed by atoms with van der Waals surface area (Å²) in [4.78, 5) is 22.5. The summed E-state index contributed by atoms with van der Waals surface area (Å²) < 4.78 is 15.9. The molecule has 1 atom stereocenters. The molecule has 3 aromatic heterocycles. The average Bonchev–Trinajstić information content (AvgIpc) is 3.45. The second-order valence-corrected chi connectivity index (χ2v) is 8.94. The van der Waals surface area contributed by atoms with Crippen LogP contribution in [0.25, 0.3) is 27.7 Å². The largest absolute Gasteiger partial charge is 0.424 e. The van der Waals surface area contributed by atoms with E-state index in [9.17, 15) is 4.79 Å². The molecule has 31 heavy (non-hydrogen) atoms. The van der Waals surface area contributed by atoms with Gasteiger partial charge >= 0.3 is 5.97 Å². The quantitative estimate of drug-likeness (QED) is 0.438. The lowest BCUT2D eigenvalue weighted by molar-refractivity contribution is -0.137. The first kappa shape index (κ1) is 20.0. The van der Waals surface area contributed by atoms with Crippen molar-refractivity contribution in [3.05, 3.63) is 36.3 Å². The predicted octanol–water partition coefficient (Wildman–Crippen LogP) is 4.70. The number of nitrogens with zero attached hydrogens (tertiary/aromatic N) is 4. The first-order chi connectivity index (χ1) is 14.9. The molecule has 4 heterocycles. The van der Waals surface area contributed by atoms with Gasteiger partial charge in [-0.1, -0.05) is 39.8 Å². The van der Waals surface area contributed by atoms with E-state index in [4.69, 9.17) is 19.4 Å². The van der Waals surface area contributed by atoms with Gasteiger partial charge < -0.3 is 14.0 Å². The molecule has 0 unspecified atom stereocenters. The van der Waals surface area contributed by atoms with E-state index in [1.165, 1.54) is 0 Å². The van der Waals surface area contributed by atoms with E-state index < -0.39 is 0 Å². The van der Waals surface area contributed by atoms with Gasteiger partial charge in [-0.25, -0.2) is 9.97 Å². The maximum atomic E-state index is 12.5. The molecule has 0 radical (unpaired) electrons. The number of fused-ring (bicyclic) bond motifs is 5. The Morgan fingerprint density at radius 3 is 2.71 bits per heavy atom.